The molecule has 8 atom stereocenters. The van der Waals surface area contributed by atoms with Crippen LogP contribution in [0.15, 0.2) is 134 Å². The van der Waals surface area contributed by atoms with Gasteiger partial charge in [0.25, 0.3) is 0 Å². The SMILES string of the molecule is CC\C=C/C=C/C=C/C=C\C=C\C=C\CCCCC(O)C(=O)NC(COC1OC(CO)C(O)C(O)C1OC(=O)CCCCC/C=C\C/C=C\C/C=C\C/C=C\CCCCC)C(O)/C=C/CCCCCCCCCCCC. The van der Waals surface area contributed by atoms with Gasteiger partial charge in [-0.25, -0.2) is 0 Å². The number of rotatable bonds is 47. The summed E-state index contributed by atoms with van der Waals surface area (Å²) < 4.78 is 17.5. The van der Waals surface area contributed by atoms with Crippen molar-refractivity contribution in [1.29, 1.82) is 0 Å². The zero-order valence-corrected chi connectivity index (χ0v) is 47.3. The molecule has 1 aliphatic rings. The maximum atomic E-state index is 13.4. The van der Waals surface area contributed by atoms with E-state index >= 15 is 0 Å². The topological polar surface area (TPSA) is 175 Å². The number of carbonyl (C=O) groups is 2. The molecule has 0 saturated carbocycles. The number of ether oxygens (including phenoxy) is 3. The molecule has 1 amide bonds. The highest BCUT2D eigenvalue weighted by Crippen LogP contribution is 2.26. The Labute approximate surface area is 461 Å². The minimum absolute atomic E-state index is 0.0719. The third kappa shape index (κ3) is 39.2. The first kappa shape index (κ1) is 69.8. The van der Waals surface area contributed by atoms with Gasteiger partial charge in [0.05, 0.1) is 25.4 Å². The first-order chi connectivity index (χ1) is 37.2. The van der Waals surface area contributed by atoms with Gasteiger partial charge in [-0.1, -0.05) is 238 Å². The lowest BCUT2D eigenvalue weighted by Gasteiger charge is -2.41. The highest BCUT2D eigenvalue weighted by molar-refractivity contribution is 5.80. The minimum Gasteiger partial charge on any atom is -0.454 e. The van der Waals surface area contributed by atoms with E-state index in [1.807, 2.05) is 72.9 Å². The maximum absolute atomic E-state index is 13.4. The average Bonchev–Trinajstić information content (AvgIpc) is 3.42. The number of nitrogens with one attached hydrogen (secondary N) is 1. The van der Waals surface area contributed by atoms with Gasteiger partial charge in [0.15, 0.2) is 12.4 Å². The molecule has 1 rings (SSSR count). The van der Waals surface area contributed by atoms with E-state index < -0.39 is 67.4 Å². The Morgan fingerprint density at radius 1 is 0.539 bits per heavy atom. The van der Waals surface area contributed by atoms with E-state index in [0.717, 1.165) is 89.9 Å². The molecule has 11 nitrogen and oxygen atoms in total. The number of hydrogen-bond acceptors (Lipinski definition) is 10. The van der Waals surface area contributed by atoms with Crippen LogP contribution < -0.4 is 5.32 Å². The fraction of sp³-hybridized carbons (Fsp3) is 0.631. The van der Waals surface area contributed by atoms with Crippen LogP contribution in [0.25, 0.3) is 0 Å². The monoisotopic (exact) mass is 1060 g/mol. The van der Waals surface area contributed by atoms with Crippen LogP contribution in [0.3, 0.4) is 0 Å². The largest absolute Gasteiger partial charge is 0.454 e. The van der Waals surface area contributed by atoms with Gasteiger partial charge in [-0.05, 0) is 89.9 Å². The zero-order valence-electron chi connectivity index (χ0n) is 47.3. The number of aliphatic hydroxyl groups is 5. The number of hydrogen-bond donors (Lipinski definition) is 6. The Hall–Kier alpha value is -4.20. The maximum Gasteiger partial charge on any atom is 0.306 e. The lowest BCUT2D eigenvalue weighted by atomic mass is 9.99. The van der Waals surface area contributed by atoms with Crippen molar-refractivity contribution in [2.75, 3.05) is 13.2 Å². The molecule has 1 aliphatic heterocycles. The van der Waals surface area contributed by atoms with Gasteiger partial charge in [-0.3, -0.25) is 9.59 Å². The molecule has 0 bridgehead atoms. The summed E-state index contributed by atoms with van der Waals surface area (Å²) in [6.45, 7) is 5.54. The van der Waals surface area contributed by atoms with Gasteiger partial charge in [0.2, 0.25) is 5.91 Å². The molecule has 1 saturated heterocycles. The molecule has 0 aromatic rings. The lowest BCUT2D eigenvalue weighted by molar-refractivity contribution is -0.305. The van der Waals surface area contributed by atoms with Crippen LogP contribution in [-0.2, 0) is 23.8 Å². The highest BCUT2D eigenvalue weighted by Gasteiger charge is 2.47. The average molecular weight is 1060 g/mol. The van der Waals surface area contributed by atoms with E-state index in [-0.39, 0.29) is 19.4 Å². The van der Waals surface area contributed by atoms with Gasteiger partial charge >= 0.3 is 5.97 Å². The van der Waals surface area contributed by atoms with Crippen molar-refractivity contribution in [3.8, 4) is 0 Å². The van der Waals surface area contributed by atoms with E-state index in [1.54, 1.807) is 6.08 Å². The van der Waals surface area contributed by atoms with Crippen LogP contribution in [0.4, 0.5) is 0 Å². The molecule has 1 fully saturated rings. The summed E-state index contributed by atoms with van der Waals surface area (Å²) in [5.74, 6) is -1.29. The number of aliphatic hydroxyl groups excluding tert-OH is 5. The van der Waals surface area contributed by atoms with Crippen molar-refractivity contribution >= 4 is 11.9 Å². The molecule has 0 spiro atoms. The van der Waals surface area contributed by atoms with Crippen molar-refractivity contribution in [3.63, 3.8) is 0 Å². The van der Waals surface area contributed by atoms with Gasteiger partial charge in [0, 0.05) is 6.42 Å². The number of allylic oxidation sites excluding steroid dienone is 21. The molecule has 0 aromatic heterocycles. The molecule has 430 valence electrons. The number of amides is 1. The van der Waals surface area contributed by atoms with Crippen LogP contribution in [-0.4, -0.2) is 99.6 Å². The third-order valence-electron chi connectivity index (χ3n) is 12.9. The summed E-state index contributed by atoms with van der Waals surface area (Å²) >= 11 is 0. The predicted octanol–water partition coefficient (Wildman–Crippen LogP) is 13.7. The number of unbranched alkanes of at least 4 members (excludes halogenated alkanes) is 18. The van der Waals surface area contributed by atoms with Crippen molar-refractivity contribution < 1.29 is 49.3 Å². The third-order valence-corrected chi connectivity index (χ3v) is 12.9. The summed E-state index contributed by atoms with van der Waals surface area (Å²) in [5, 5.41) is 56.8. The zero-order chi connectivity index (χ0) is 55.4. The standard InChI is InChI=1S/C65H105NO10/c1-4-7-10-13-16-19-22-25-27-29-30-31-33-35-38-41-44-47-50-53-60(70)76-63-62(72)61(71)59(54-67)75-65(63)74-55-56(57(68)51-48-45-42-39-36-24-21-18-15-12-9-6-3)66-64(73)58(69)52-49-46-43-40-37-34-32-28-26-23-20-17-14-11-8-5-2/h8,11,14,16-17,19-20,23,25-28,30-32,34-35,37-38,40,48,51,56-59,61-63,65,67-69,71-72H,4-7,9-10,12-13,15,18,21-22,24,29,33,36,39,41-47,49-50,52-55H2,1-3H3,(H,66,73)/b11-8-,17-14+,19-16-,23-20+,27-25-,28-26-,31-30-,34-32+,38-35-,40-37+,51-48+. The fourth-order valence-electron chi connectivity index (χ4n) is 8.25. The summed E-state index contributed by atoms with van der Waals surface area (Å²) in [6.07, 6.45) is 62.0. The quantitative estimate of drug-likeness (QED) is 0.0149. The van der Waals surface area contributed by atoms with Crippen molar-refractivity contribution in [3.05, 3.63) is 134 Å². The van der Waals surface area contributed by atoms with Crippen LogP contribution in [0.5, 0.6) is 0 Å². The summed E-state index contributed by atoms with van der Waals surface area (Å²) in [4.78, 5) is 26.5. The van der Waals surface area contributed by atoms with Crippen molar-refractivity contribution in [2.45, 2.75) is 250 Å². The van der Waals surface area contributed by atoms with Crippen LogP contribution in [0.2, 0.25) is 0 Å². The molecular weight excluding hydrogens is 955 g/mol. The second-order valence-corrected chi connectivity index (χ2v) is 19.8. The highest BCUT2D eigenvalue weighted by atomic mass is 16.7. The van der Waals surface area contributed by atoms with Gasteiger partial charge in [-0.2, -0.15) is 0 Å². The minimum atomic E-state index is -1.64. The van der Waals surface area contributed by atoms with E-state index in [4.69, 9.17) is 14.2 Å². The van der Waals surface area contributed by atoms with Gasteiger partial charge < -0.3 is 45.1 Å². The smallest absolute Gasteiger partial charge is 0.306 e. The van der Waals surface area contributed by atoms with Crippen LogP contribution >= 0.6 is 0 Å². The van der Waals surface area contributed by atoms with Gasteiger partial charge in [-0.15, -0.1) is 0 Å². The number of esters is 1. The summed E-state index contributed by atoms with van der Waals surface area (Å²) in [6, 6.07) is -1.06. The van der Waals surface area contributed by atoms with Crippen molar-refractivity contribution in [2.24, 2.45) is 0 Å². The van der Waals surface area contributed by atoms with E-state index in [9.17, 15) is 35.1 Å². The fourth-order valence-corrected chi connectivity index (χ4v) is 8.25. The van der Waals surface area contributed by atoms with Crippen LogP contribution in [0.1, 0.15) is 201 Å². The Balaban J connectivity index is 2.78. The molecule has 0 radical (unpaired) electrons. The second-order valence-electron chi connectivity index (χ2n) is 19.8. The molecule has 76 heavy (non-hydrogen) atoms. The Bertz CT molecular complexity index is 1740. The van der Waals surface area contributed by atoms with E-state index in [2.05, 4.69) is 80.8 Å². The summed E-state index contributed by atoms with van der Waals surface area (Å²) in [7, 11) is 0. The first-order valence-electron chi connectivity index (χ1n) is 29.5. The molecule has 8 unspecified atom stereocenters. The van der Waals surface area contributed by atoms with Crippen LogP contribution in [0, 0.1) is 0 Å². The summed E-state index contributed by atoms with van der Waals surface area (Å²) in [5.41, 5.74) is 0. The Kier molecular flexibility index (Phi) is 47.4. The van der Waals surface area contributed by atoms with Gasteiger partial charge in [0.1, 0.15) is 24.4 Å². The first-order valence-corrected chi connectivity index (χ1v) is 29.5. The molecule has 1 heterocycles. The molecule has 0 aromatic carbocycles. The number of carbonyl (C=O) groups excluding carboxylic acids is 2. The van der Waals surface area contributed by atoms with Crippen molar-refractivity contribution in [1.82, 2.24) is 5.32 Å². The lowest BCUT2D eigenvalue weighted by Crippen LogP contribution is -2.61. The normalized spacial score (nSPS) is 20.1. The van der Waals surface area contributed by atoms with E-state index in [1.165, 1.54) is 64.2 Å². The van der Waals surface area contributed by atoms with E-state index in [0.29, 0.717) is 12.8 Å². The Morgan fingerprint density at radius 3 is 1.57 bits per heavy atom. The molecule has 0 aliphatic carbocycles. The molecular formula is C65H105NO10. The molecule has 11 heteroatoms. The molecule has 6 N–H and O–H groups in total. The Morgan fingerprint density at radius 2 is 1.00 bits per heavy atom. The second kappa shape index (κ2) is 51.6. The predicted molar refractivity (Wildman–Crippen MR) is 314 cm³/mol.